The summed E-state index contributed by atoms with van der Waals surface area (Å²) in [6.07, 6.45) is 3.72. The van der Waals surface area contributed by atoms with Gasteiger partial charge in [-0.2, -0.15) is 0 Å². The van der Waals surface area contributed by atoms with E-state index in [2.05, 4.69) is 29.3 Å². The van der Waals surface area contributed by atoms with Crippen molar-refractivity contribution < 1.29 is 9.59 Å². The lowest BCUT2D eigenvalue weighted by Crippen LogP contribution is -2.49. The zero-order valence-corrected chi connectivity index (χ0v) is 14.6. The Morgan fingerprint density at radius 1 is 1.17 bits per heavy atom. The molecule has 1 atom stereocenters. The molecule has 5 heteroatoms. The van der Waals surface area contributed by atoms with Crippen LogP contribution >= 0.6 is 0 Å². The number of fused-ring (bicyclic) bond motifs is 1. The Balaban J connectivity index is 1.63. The number of rotatable bonds is 3. The molecule has 0 spiro atoms. The number of amides is 2. The van der Waals surface area contributed by atoms with Crippen LogP contribution in [0.25, 0.3) is 0 Å². The molecule has 2 aliphatic heterocycles. The summed E-state index contributed by atoms with van der Waals surface area (Å²) in [5.74, 6) is 0.392. The summed E-state index contributed by atoms with van der Waals surface area (Å²) in [4.78, 5) is 28.8. The first-order valence-electron chi connectivity index (χ1n) is 8.94. The van der Waals surface area contributed by atoms with Crippen LogP contribution in [0.1, 0.15) is 31.7 Å². The number of nitrogens with zero attached hydrogens (tertiary/aromatic N) is 2. The standard InChI is InChI=1S/C19H27N3O2/c1-14-7-8-15-5-3-4-6-17(15)22(14)18(23)13-21-11-9-16(10-12-21)19(24)20-2/h3-6,14,16H,7-13H2,1-2H3,(H,20,24)/t14-/m0/s1. The van der Waals surface area contributed by atoms with Crippen molar-refractivity contribution in [3.8, 4) is 0 Å². The number of benzene rings is 1. The summed E-state index contributed by atoms with van der Waals surface area (Å²) in [5, 5.41) is 2.73. The van der Waals surface area contributed by atoms with Crippen LogP contribution in [0.15, 0.2) is 24.3 Å². The number of nitrogens with one attached hydrogen (secondary N) is 1. The minimum Gasteiger partial charge on any atom is -0.359 e. The minimum atomic E-state index is 0.0935. The molecular weight excluding hydrogens is 302 g/mol. The summed E-state index contributed by atoms with van der Waals surface area (Å²) in [6.45, 7) is 4.20. The van der Waals surface area contributed by atoms with E-state index in [1.54, 1.807) is 7.05 Å². The molecule has 0 unspecified atom stereocenters. The maximum absolute atomic E-state index is 12.9. The fourth-order valence-corrected chi connectivity index (χ4v) is 3.89. The molecule has 1 saturated heterocycles. The number of anilines is 1. The maximum atomic E-state index is 12.9. The summed E-state index contributed by atoms with van der Waals surface area (Å²) in [6, 6.07) is 8.47. The van der Waals surface area contributed by atoms with Crippen molar-refractivity contribution in [3.05, 3.63) is 29.8 Å². The molecule has 1 aromatic rings. The Labute approximate surface area is 144 Å². The molecule has 24 heavy (non-hydrogen) atoms. The first-order valence-corrected chi connectivity index (χ1v) is 8.94. The predicted molar refractivity (Wildman–Crippen MR) is 94.9 cm³/mol. The largest absolute Gasteiger partial charge is 0.359 e. The third kappa shape index (κ3) is 3.46. The molecule has 2 aliphatic rings. The molecule has 0 aliphatic carbocycles. The van der Waals surface area contributed by atoms with E-state index < -0.39 is 0 Å². The Morgan fingerprint density at radius 3 is 2.58 bits per heavy atom. The number of hydrogen-bond acceptors (Lipinski definition) is 3. The van der Waals surface area contributed by atoms with E-state index in [9.17, 15) is 9.59 Å². The van der Waals surface area contributed by atoms with Crippen molar-refractivity contribution in [3.63, 3.8) is 0 Å². The second-order valence-corrected chi connectivity index (χ2v) is 6.94. The molecule has 0 aromatic heterocycles. The van der Waals surface area contributed by atoms with Crippen molar-refractivity contribution in [2.75, 3.05) is 31.6 Å². The number of carbonyl (C=O) groups is 2. The molecule has 1 aromatic carbocycles. The van der Waals surface area contributed by atoms with E-state index in [4.69, 9.17) is 0 Å². The van der Waals surface area contributed by atoms with Gasteiger partial charge < -0.3 is 10.2 Å². The molecule has 0 radical (unpaired) electrons. The molecular formula is C19H27N3O2. The Bertz CT molecular complexity index is 608. The molecule has 5 nitrogen and oxygen atoms in total. The molecule has 0 saturated carbocycles. The Hall–Kier alpha value is -1.88. The highest BCUT2D eigenvalue weighted by molar-refractivity contribution is 5.96. The monoisotopic (exact) mass is 329 g/mol. The first kappa shape index (κ1) is 17.0. The van der Waals surface area contributed by atoms with Gasteiger partial charge in [0.05, 0.1) is 6.54 Å². The second kappa shape index (κ2) is 7.34. The van der Waals surface area contributed by atoms with Crippen LogP contribution in [-0.4, -0.2) is 49.4 Å². The fraction of sp³-hybridized carbons (Fsp3) is 0.579. The van der Waals surface area contributed by atoms with Gasteiger partial charge in [0.25, 0.3) is 0 Å². The van der Waals surface area contributed by atoms with Crippen LogP contribution < -0.4 is 10.2 Å². The number of para-hydroxylation sites is 1. The fourth-order valence-electron chi connectivity index (χ4n) is 3.89. The highest BCUT2D eigenvalue weighted by Gasteiger charge is 2.30. The molecule has 130 valence electrons. The summed E-state index contributed by atoms with van der Waals surface area (Å²) < 4.78 is 0. The number of piperidine rings is 1. The lowest BCUT2D eigenvalue weighted by Gasteiger charge is -2.38. The minimum absolute atomic E-state index is 0.0935. The van der Waals surface area contributed by atoms with Gasteiger partial charge in [-0.25, -0.2) is 0 Å². The van der Waals surface area contributed by atoms with Crippen molar-refractivity contribution >= 4 is 17.5 Å². The van der Waals surface area contributed by atoms with Crippen molar-refractivity contribution in [2.45, 2.75) is 38.6 Å². The van der Waals surface area contributed by atoms with Crippen molar-refractivity contribution in [1.29, 1.82) is 0 Å². The number of hydrogen-bond donors (Lipinski definition) is 1. The van der Waals surface area contributed by atoms with Crippen LogP contribution in [0.3, 0.4) is 0 Å². The maximum Gasteiger partial charge on any atom is 0.241 e. The van der Waals surface area contributed by atoms with Gasteiger partial charge in [0.15, 0.2) is 0 Å². The Morgan fingerprint density at radius 2 is 1.88 bits per heavy atom. The highest BCUT2D eigenvalue weighted by Crippen LogP contribution is 2.30. The zero-order valence-electron chi connectivity index (χ0n) is 14.6. The van der Waals surface area contributed by atoms with Crippen molar-refractivity contribution in [2.24, 2.45) is 5.92 Å². The average Bonchev–Trinajstić information content (AvgIpc) is 2.61. The first-order chi connectivity index (χ1) is 11.6. The van der Waals surface area contributed by atoms with E-state index in [0.717, 1.165) is 44.5 Å². The summed E-state index contributed by atoms with van der Waals surface area (Å²) in [7, 11) is 1.69. The van der Waals surface area contributed by atoms with Gasteiger partial charge >= 0.3 is 0 Å². The van der Waals surface area contributed by atoms with Gasteiger partial charge in [-0.15, -0.1) is 0 Å². The molecule has 1 N–H and O–H groups in total. The van der Waals surface area contributed by atoms with Crippen LogP contribution in [0.5, 0.6) is 0 Å². The van der Waals surface area contributed by atoms with E-state index in [-0.39, 0.29) is 23.8 Å². The van der Waals surface area contributed by atoms with Gasteiger partial charge in [0.2, 0.25) is 11.8 Å². The van der Waals surface area contributed by atoms with Gasteiger partial charge in [0, 0.05) is 24.7 Å². The predicted octanol–water partition coefficient (Wildman–Crippen LogP) is 1.81. The van der Waals surface area contributed by atoms with Gasteiger partial charge in [-0.1, -0.05) is 18.2 Å². The third-order valence-electron chi connectivity index (χ3n) is 5.36. The van der Waals surface area contributed by atoms with Crippen LogP contribution in [0.2, 0.25) is 0 Å². The number of aryl methyl sites for hydroxylation is 1. The normalized spacial score (nSPS) is 22.1. The third-order valence-corrected chi connectivity index (χ3v) is 5.36. The molecule has 3 rings (SSSR count). The zero-order chi connectivity index (χ0) is 17.1. The SMILES string of the molecule is CNC(=O)C1CCN(CC(=O)N2c3ccccc3CC[C@@H]2C)CC1. The second-order valence-electron chi connectivity index (χ2n) is 6.94. The highest BCUT2D eigenvalue weighted by atomic mass is 16.2. The average molecular weight is 329 g/mol. The van der Waals surface area contributed by atoms with Gasteiger partial charge in [0.1, 0.15) is 0 Å². The van der Waals surface area contributed by atoms with E-state index >= 15 is 0 Å². The van der Waals surface area contributed by atoms with Crippen molar-refractivity contribution in [1.82, 2.24) is 10.2 Å². The smallest absolute Gasteiger partial charge is 0.241 e. The van der Waals surface area contributed by atoms with E-state index in [0.29, 0.717) is 6.54 Å². The number of carbonyl (C=O) groups excluding carboxylic acids is 2. The topological polar surface area (TPSA) is 52.7 Å². The molecule has 2 amide bonds. The lowest BCUT2D eigenvalue weighted by atomic mass is 9.95. The molecule has 0 bridgehead atoms. The van der Waals surface area contributed by atoms with Crippen LogP contribution in [0, 0.1) is 5.92 Å². The molecule has 1 fully saturated rings. The summed E-state index contributed by atoms with van der Waals surface area (Å²) in [5.41, 5.74) is 2.34. The van der Waals surface area contributed by atoms with E-state index in [1.807, 2.05) is 17.0 Å². The Kier molecular flexibility index (Phi) is 5.19. The summed E-state index contributed by atoms with van der Waals surface area (Å²) >= 11 is 0. The number of likely N-dealkylation sites (tertiary alicyclic amines) is 1. The quantitative estimate of drug-likeness (QED) is 0.920. The van der Waals surface area contributed by atoms with Crippen LogP contribution in [-0.2, 0) is 16.0 Å². The van der Waals surface area contributed by atoms with E-state index in [1.165, 1.54) is 5.56 Å². The molecule has 2 heterocycles. The lowest BCUT2D eigenvalue weighted by molar-refractivity contribution is -0.126. The van der Waals surface area contributed by atoms with Crippen LogP contribution in [0.4, 0.5) is 5.69 Å². The van der Waals surface area contributed by atoms with Gasteiger partial charge in [-0.05, 0) is 57.3 Å². The van der Waals surface area contributed by atoms with Gasteiger partial charge in [-0.3, -0.25) is 14.5 Å².